The van der Waals surface area contributed by atoms with Crippen LogP contribution in [0.25, 0.3) is 0 Å². The van der Waals surface area contributed by atoms with Crippen LogP contribution in [0.4, 0.5) is 0 Å². The Morgan fingerprint density at radius 2 is 1.86 bits per heavy atom. The van der Waals surface area contributed by atoms with Gasteiger partial charge in [0, 0.05) is 24.0 Å². The van der Waals surface area contributed by atoms with Gasteiger partial charge in [-0.05, 0) is 51.5 Å². The van der Waals surface area contributed by atoms with Crippen molar-refractivity contribution in [3.63, 3.8) is 0 Å². The van der Waals surface area contributed by atoms with E-state index in [9.17, 15) is 4.79 Å². The van der Waals surface area contributed by atoms with Crippen molar-refractivity contribution >= 4 is 5.91 Å². The molecule has 2 aromatic rings. The Morgan fingerprint density at radius 3 is 2.36 bits per heavy atom. The summed E-state index contributed by atoms with van der Waals surface area (Å²) in [7, 11) is 1.64. The number of hydrogen-bond donors (Lipinski definition) is 1. The Balaban J connectivity index is 2.07. The lowest BCUT2D eigenvalue weighted by Crippen LogP contribution is -2.23. The van der Waals surface area contributed by atoms with Gasteiger partial charge in [-0.2, -0.15) is 0 Å². The van der Waals surface area contributed by atoms with Gasteiger partial charge < -0.3 is 14.6 Å². The number of methoxy groups -OCH3 is 1. The van der Waals surface area contributed by atoms with Crippen LogP contribution in [0.1, 0.15) is 47.2 Å². The molecule has 0 bridgehead atoms. The van der Waals surface area contributed by atoms with Gasteiger partial charge in [0.2, 0.25) is 0 Å². The van der Waals surface area contributed by atoms with Crippen LogP contribution < -0.4 is 10.1 Å². The molecule has 0 aliphatic heterocycles. The first kappa shape index (κ1) is 16.1. The molecular formula is C18H24N2O2. The fourth-order valence-electron chi connectivity index (χ4n) is 2.82. The van der Waals surface area contributed by atoms with Crippen molar-refractivity contribution in [2.45, 2.75) is 40.3 Å². The predicted octanol–water partition coefficient (Wildman–Crippen LogP) is 3.62. The second-order valence-corrected chi connectivity index (χ2v) is 5.78. The Hall–Kier alpha value is -2.23. The molecule has 0 radical (unpaired) electrons. The smallest absolute Gasteiger partial charge is 0.253 e. The standard InChI is InChI=1S/C18H24N2O2/c1-12(2)20-13(3)10-17(14(20)4)18(21)19-11-15-6-8-16(22-5)9-7-15/h6-10,12H,11H2,1-5H3,(H,19,21). The Labute approximate surface area is 132 Å². The number of amides is 1. The van der Waals surface area contributed by atoms with Crippen LogP contribution in [0, 0.1) is 13.8 Å². The number of nitrogens with zero attached hydrogens (tertiary/aromatic N) is 1. The van der Waals surface area contributed by atoms with E-state index >= 15 is 0 Å². The highest BCUT2D eigenvalue weighted by atomic mass is 16.5. The number of nitrogens with one attached hydrogen (secondary N) is 1. The predicted molar refractivity (Wildman–Crippen MR) is 88.5 cm³/mol. The Kier molecular flexibility index (Phi) is 4.91. The average molecular weight is 300 g/mol. The molecule has 1 aromatic heterocycles. The summed E-state index contributed by atoms with van der Waals surface area (Å²) in [6.45, 7) is 8.79. The van der Waals surface area contributed by atoms with E-state index in [-0.39, 0.29) is 5.91 Å². The molecule has 0 spiro atoms. The topological polar surface area (TPSA) is 43.3 Å². The Bertz CT molecular complexity index is 654. The summed E-state index contributed by atoms with van der Waals surface area (Å²) >= 11 is 0. The lowest BCUT2D eigenvalue weighted by Gasteiger charge is -2.13. The number of aryl methyl sites for hydroxylation is 1. The molecule has 0 unspecified atom stereocenters. The molecule has 1 amide bonds. The minimum Gasteiger partial charge on any atom is -0.497 e. The average Bonchev–Trinajstić information content (AvgIpc) is 2.80. The lowest BCUT2D eigenvalue weighted by molar-refractivity contribution is 0.0950. The summed E-state index contributed by atoms with van der Waals surface area (Å²) in [6.07, 6.45) is 0. The summed E-state index contributed by atoms with van der Waals surface area (Å²) in [6, 6.07) is 10.0. The third kappa shape index (κ3) is 3.32. The molecule has 1 aromatic carbocycles. The first-order valence-corrected chi connectivity index (χ1v) is 7.53. The molecule has 0 aliphatic rings. The van der Waals surface area contributed by atoms with E-state index in [1.807, 2.05) is 44.2 Å². The van der Waals surface area contributed by atoms with E-state index in [0.717, 1.165) is 28.3 Å². The van der Waals surface area contributed by atoms with Gasteiger partial charge in [-0.15, -0.1) is 0 Å². The zero-order chi connectivity index (χ0) is 16.3. The van der Waals surface area contributed by atoms with Crippen LogP contribution in [0.2, 0.25) is 0 Å². The number of carbonyl (C=O) groups is 1. The summed E-state index contributed by atoms with van der Waals surface area (Å²) in [5.41, 5.74) is 3.92. The maximum Gasteiger partial charge on any atom is 0.253 e. The zero-order valence-corrected chi connectivity index (χ0v) is 13.9. The van der Waals surface area contributed by atoms with Crippen LogP contribution in [0.15, 0.2) is 30.3 Å². The second kappa shape index (κ2) is 6.69. The minimum absolute atomic E-state index is 0.0316. The molecule has 0 saturated carbocycles. The van der Waals surface area contributed by atoms with Gasteiger partial charge in [0.05, 0.1) is 12.7 Å². The largest absolute Gasteiger partial charge is 0.497 e. The SMILES string of the molecule is COc1ccc(CNC(=O)c2cc(C)n(C(C)C)c2C)cc1. The van der Waals surface area contributed by atoms with Gasteiger partial charge in [0.1, 0.15) is 5.75 Å². The molecular weight excluding hydrogens is 276 g/mol. The molecule has 4 heteroatoms. The summed E-state index contributed by atoms with van der Waals surface area (Å²) in [4.78, 5) is 12.4. The number of benzene rings is 1. The van der Waals surface area contributed by atoms with E-state index in [4.69, 9.17) is 4.74 Å². The highest BCUT2D eigenvalue weighted by Crippen LogP contribution is 2.20. The maximum atomic E-state index is 12.4. The van der Waals surface area contributed by atoms with E-state index in [1.54, 1.807) is 7.11 Å². The Morgan fingerprint density at radius 1 is 1.23 bits per heavy atom. The number of carbonyl (C=O) groups excluding carboxylic acids is 1. The third-order valence-electron chi connectivity index (χ3n) is 3.86. The fraction of sp³-hybridized carbons (Fsp3) is 0.389. The normalized spacial score (nSPS) is 10.8. The zero-order valence-electron chi connectivity index (χ0n) is 13.9. The van der Waals surface area contributed by atoms with E-state index in [0.29, 0.717) is 12.6 Å². The van der Waals surface area contributed by atoms with Gasteiger partial charge in [0.25, 0.3) is 5.91 Å². The molecule has 0 fully saturated rings. The van der Waals surface area contributed by atoms with Gasteiger partial charge in [-0.3, -0.25) is 4.79 Å². The quantitative estimate of drug-likeness (QED) is 0.916. The molecule has 0 atom stereocenters. The van der Waals surface area contributed by atoms with E-state index in [1.165, 1.54) is 0 Å². The fourth-order valence-corrected chi connectivity index (χ4v) is 2.82. The molecule has 0 aliphatic carbocycles. The van der Waals surface area contributed by atoms with Gasteiger partial charge in [-0.1, -0.05) is 12.1 Å². The lowest BCUT2D eigenvalue weighted by atomic mass is 10.2. The van der Waals surface area contributed by atoms with Gasteiger partial charge in [0.15, 0.2) is 0 Å². The molecule has 22 heavy (non-hydrogen) atoms. The van der Waals surface area contributed by atoms with Gasteiger partial charge >= 0.3 is 0 Å². The summed E-state index contributed by atoms with van der Waals surface area (Å²) < 4.78 is 7.31. The van der Waals surface area contributed by atoms with Crippen molar-refractivity contribution < 1.29 is 9.53 Å². The number of ether oxygens (including phenoxy) is 1. The number of hydrogen-bond acceptors (Lipinski definition) is 2. The first-order chi connectivity index (χ1) is 10.4. The molecule has 0 saturated heterocycles. The first-order valence-electron chi connectivity index (χ1n) is 7.53. The van der Waals surface area contributed by atoms with Crippen LogP contribution >= 0.6 is 0 Å². The van der Waals surface area contributed by atoms with Crippen LogP contribution in [-0.4, -0.2) is 17.6 Å². The third-order valence-corrected chi connectivity index (χ3v) is 3.86. The summed E-state index contributed by atoms with van der Waals surface area (Å²) in [5, 5.41) is 2.98. The molecule has 4 nitrogen and oxygen atoms in total. The molecule has 1 N–H and O–H groups in total. The molecule has 2 rings (SSSR count). The van der Waals surface area contributed by atoms with Crippen LogP contribution in [0.5, 0.6) is 5.75 Å². The second-order valence-electron chi connectivity index (χ2n) is 5.78. The monoisotopic (exact) mass is 300 g/mol. The van der Waals surface area contributed by atoms with Crippen molar-refractivity contribution in [3.8, 4) is 5.75 Å². The van der Waals surface area contributed by atoms with E-state index in [2.05, 4.69) is 23.7 Å². The van der Waals surface area contributed by atoms with Crippen molar-refractivity contribution in [3.05, 3.63) is 52.8 Å². The molecule has 1 heterocycles. The van der Waals surface area contributed by atoms with Gasteiger partial charge in [-0.25, -0.2) is 0 Å². The number of aromatic nitrogens is 1. The summed E-state index contributed by atoms with van der Waals surface area (Å²) in [5.74, 6) is 0.784. The van der Waals surface area contributed by atoms with Crippen molar-refractivity contribution in [1.82, 2.24) is 9.88 Å². The van der Waals surface area contributed by atoms with Crippen molar-refractivity contribution in [2.75, 3.05) is 7.11 Å². The van der Waals surface area contributed by atoms with Crippen LogP contribution in [-0.2, 0) is 6.54 Å². The molecule has 118 valence electrons. The highest BCUT2D eigenvalue weighted by molar-refractivity contribution is 5.95. The van der Waals surface area contributed by atoms with Crippen molar-refractivity contribution in [1.29, 1.82) is 0 Å². The van der Waals surface area contributed by atoms with Crippen molar-refractivity contribution in [2.24, 2.45) is 0 Å². The van der Waals surface area contributed by atoms with E-state index < -0.39 is 0 Å². The highest BCUT2D eigenvalue weighted by Gasteiger charge is 2.16. The maximum absolute atomic E-state index is 12.4. The minimum atomic E-state index is -0.0316. The van der Waals surface area contributed by atoms with Crippen LogP contribution in [0.3, 0.4) is 0 Å². The number of rotatable bonds is 5.